The minimum Gasteiger partial charge on any atom is -0.459 e. The van der Waals surface area contributed by atoms with E-state index >= 15 is 0 Å². The third kappa shape index (κ3) is 5.61. The summed E-state index contributed by atoms with van der Waals surface area (Å²) in [4.78, 5) is 11.9. The minimum atomic E-state index is -4.57. The van der Waals surface area contributed by atoms with E-state index in [-0.39, 0.29) is 17.1 Å². The van der Waals surface area contributed by atoms with Gasteiger partial charge in [-0.05, 0) is 48.0 Å². The van der Waals surface area contributed by atoms with Gasteiger partial charge in [0.25, 0.3) is 5.91 Å². The van der Waals surface area contributed by atoms with Gasteiger partial charge in [0, 0.05) is 5.69 Å². The third-order valence-corrected chi connectivity index (χ3v) is 4.81. The largest absolute Gasteiger partial charge is 0.459 e. The normalized spacial score (nSPS) is 11.8. The standard InChI is InChI=1S/C19H14F3NO5S/c20-19(21,22)14-4-1-3-13(11-14)12-29(25,26)28-16-8-6-15(7-9-16)23-18(24)17-5-2-10-27-17/h1-11H,12H2,(H,23,24). The highest BCUT2D eigenvalue weighted by atomic mass is 32.2. The summed E-state index contributed by atoms with van der Waals surface area (Å²) in [5.41, 5.74) is -0.627. The fraction of sp³-hybridized carbons (Fsp3) is 0.105. The van der Waals surface area contributed by atoms with E-state index in [1.165, 1.54) is 42.7 Å². The molecule has 0 bridgehead atoms. The van der Waals surface area contributed by atoms with Crippen LogP contribution in [0.2, 0.25) is 0 Å². The van der Waals surface area contributed by atoms with Gasteiger partial charge in [0.15, 0.2) is 5.76 Å². The summed E-state index contributed by atoms with van der Waals surface area (Å²) in [6.07, 6.45) is -3.22. The minimum absolute atomic E-state index is 0.0482. The quantitative estimate of drug-likeness (QED) is 0.590. The van der Waals surface area contributed by atoms with Crippen molar-refractivity contribution >= 4 is 21.7 Å². The van der Waals surface area contributed by atoms with Crippen LogP contribution in [-0.4, -0.2) is 14.3 Å². The van der Waals surface area contributed by atoms with Crippen molar-refractivity contribution in [3.63, 3.8) is 0 Å². The topological polar surface area (TPSA) is 85.6 Å². The van der Waals surface area contributed by atoms with Gasteiger partial charge in [0.1, 0.15) is 11.5 Å². The number of alkyl halides is 3. The van der Waals surface area contributed by atoms with Crippen molar-refractivity contribution in [1.82, 2.24) is 0 Å². The molecule has 0 unspecified atom stereocenters. The van der Waals surface area contributed by atoms with Crippen molar-refractivity contribution in [2.75, 3.05) is 5.32 Å². The molecule has 3 aromatic rings. The molecular weight excluding hydrogens is 411 g/mol. The summed E-state index contributed by atoms with van der Waals surface area (Å²) >= 11 is 0. The molecule has 6 nitrogen and oxygen atoms in total. The van der Waals surface area contributed by atoms with Crippen LogP contribution >= 0.6 is 0 Å². The van der Waals surface area contributed by atoms with Gasteiger partial charge in [-0.1, -0.05) is 18.2 Å². The Morgan fingerprint density at radius 2 is 1.76 bits per heavy atom. The van der Waals surface area contributed by atoms with Gasteiger partial charge in [-0.2, -0.15) is 21.6 Å². The fourth-order valence-electron chi connectivity index (χ4n) is 2.41. The summed E-state index contributed by atoms with van der Waals surface area (Å²) in [6, 6.07) is 12.5. The predicted octanol–water partition coefficient (Wildman–Crippen LogP) is 4.46. The molecule has 0 aliphatic carbocycles. The molecule has 3 rings (SSSR count). The molecule has 0 aliphatic heterocycles. The number of carbonyl (C=O) groups excluding carboxylic acids is 1. The molecule has 2 aromatic carbocycles. The van der Waals surface area contributed by atoms with Crippen LogP contribution in [0.3, 0.4) is 0 Å². The lowest BCUT2D eigenvalue weighted by atomic mass is 10.1. The van der Waals surface area contributed by atoms with Gasteiger partial charge in [0.05, 0.1) is 11.8 Å². The third-order valence-electron chi connectivity index (χ3n) is 3.68. The van der Waals surface area contributed by atoms with Crippen LogP contribution in [-0.2, 0) is 22.0 Å². The molecule has 0 radical (unpaired) electrons. The lowest BCUT2D eigenvalue weighted by Crippen LogP contribution is -2.13. The highest BCUT2D eigenvalue weighted by Gasteiger charge is 2.30. The average Bonchev–Trinajstić information content (AvgIpc) is 3.17. The van der Waals surface area contributed by atoms with E-state index in [0.29, 0.717) is 5.69 Å². The Bertz CT molecular complexity index is 1090. The molecule has 1 N–H and O–H groups in total. The van der Waals surface area contributed by atoms with E-state index in [4.69, 9.17) is 8.60 Å². The highest BCUT2D eigenvalue weighted by molar-refractivity contribution is 7.86. The smallest absolute Gasteiger partial charge is 0.416 e. The number of anilines is 1. The van der Waals surface area contributed by atoms with Gasteiger partial charge in [-0.15, -0.1) is 0 Å². The number of carbonyl (C=O) groups is 1. The molecule has 0 atom stereocenters. The van der Waals surface area contributed by atoms with E-state index in [0.717, 1.165) is 18.2 Å². The van der Waals surface area contributed by atoms with Crippen molar-refractivity contribution in [1.29, 1.82) is 0 Å². The maximum Gasteiger partial charge on any atom is 0.416 e. The van der Waals surface area contributed by atoms with Crippen LogP contribution in [0.5, 0.6) is 5.75 Å². The van der Waals surface area contributed by atoms with Gasteiger partial charge >= 0.3 is 16.3 Å². The number of nitrogens with one attached hydrogen (secondary N) is 1. The van der Waals surface area contributed by atoms with Gasteiger partial charge < -0.3 is 13.9 Å². The average molecular weight is 425 g/mol. The maximum atomic E-state index is 12.7. The molecule has 1 amide bonds. The number of amides is 1. The van der Waals surface area contributed by atoms with Crippen LogP contribution in [0.4, 0.5) is 18.9 Å². The van der Waals surface area contributed by atoms with E-state index in [2.05, 4.69) is 5.32 Å². The van der Waals surface area contributed by atoms with E-state index < -0.39 is 33.5 Å². The number of hydrogen-bond donors (Lipinski definition) is 1. The zero-order chi connectivity index (χ0) is 21.1. The second-order valence-electron chi connectivity index (χ2n) is 5.94. The van der Waals surface area contributed by atoms with Crippen molar-refractivity contribution in [3.05, 3.63) is 83.8 Å². The van der Waals surface area contributed by atoms with Crippen LogP contribution in [0, 0.1) is 0 Å². The Hall–Kier alpha value is -3.27. The molecule has 1 aromatic heterocycles. The Labute approximate surface area is 164 Å². The fourth-order valence-corrected chi connectivity index (χ4v) is 3.46. The summed E-state index contributed by atoms with van der Waals surface area (Å²) in [7, 11) is -4.19. The molecule has 0 spiro atoms. The number of rotatable bonds is 6. The van der Waals surface area contributed by atoms with Crippen molar-refractivity contribution in [3.8, 4) is 5.75 Å². The monoisotopic (exact) mass is 425 g/mol. The van der Waals surface area contributed by atoms with Gasteiger partial charge in [-0.25, -0.2) is 0 Å². The molecule has 0 fully saturated rings. The van der Waals surface area contributed by atoms with E-state index in [1.54, 1.807) is 6.07 Å². The molecule has 29 heavy (non-hydrogen) atoms. The number of furan rings is 1. The molecule has 152 valence electrons. The van der Waals surface area contributed by atoms with E-state index in [1.807, 2.05) is 0 Å². The zero-order valence-corrected chi connectivity index (χ0v) is 15.5. The Kier molecular flexibility index (Phi) is 5.64. The first-order chi connectivity index (χ1) is 13.6. The Morgan fingerprint density at radius 3 is 2.38 bits per heavy atom. The van der Waals surface area contributed by atoms with Crippen LogP contribution in [0.25, 0.3) is 0 Å². The summed E-state index contributed by atoms with van der Waals surface area (Å²) in [5.74, 6) is -1.16. The number of benzene rings is 2. The zero-order valence-electron chi connectivity index (χ0n) is 14.6. The molecule has 1 heterocycles. The molecule has 0 aliphatic rings. The van der Waals surface area contributed by atoms with Crippen molar-refractivity contribution in [2.24, 2.45) is 0 Å². The summed E-state index contributed by atoms with van der Waals surface area (Å²) in [5, 5.41) is 2.55. The van der Waals surface area contributed by atoms with Crippen LogP contribution in [0.15, 0.2) is 71.3 Å². The summed E-state index contributed by atoms with van der Waals surface area (Å²) in [6.45, 7) is 0. The van der Waals surface area contributed by atoms with Gasteiger partial charge in [0.2, 0.25) is 0 Å². The SMILES string of the molecule is O=C(Nc1ccc(OS(=O)(=O)Cc2cccc(C(F)(F)F)c2)cc1)c1ccco1. The predicted molar refractivity (Wildman–Crippen MR) is 97.8 cm³/mol. The number of hydrogen-bond acceptors (Lipinski definition) is 5. The van der Waals surface area contributed by atoms with Crippen LogP contribution < -0.4 is 9.50 Å². The van der Waals surface area contributed by atoms with Gasteiger partial charge in [-0.3, -0.25) is 4.79 Å². The summed E-state index contributed by atoms with van der Waals surface area (Å²) < 4.78 is 72.5. The second-order valence-corrected chi connectivity index (χ2v) is 7.51. The maximum absolute atomic E-state index is 12.7. The molecule has 0 saturated carbocycles. The van der Waals surface area contributed by atoms with Crippen molar-refractivity contribution in [2.45, 2.75) is 11.9 Å². The first kappa shape index (κ1) is 20.5. The van der Waals surface area contributed by atoms with Crippen molar-refractivity contribution < 1.29 is 35.0 Å². The second kappa shape index (κ2) is 8.00. The Morgan fingerprint density at radius 1 is 1.03 bits per heavy atom. The van der Waals surface area contributed by atoms with Crippen LogP contribution in [0.1, 0.15) is 21.7 Å². The highest BCUT2D eigenvalue weighted by Crippen LogP contribution is 2.30. The van der Waals surface area contributed by atoms with E-state index in [9.17, 15) is 26.4 Å². The first-order valence-corrected chi connectivity index (χ1v) is 9.73. The molecular formula is C19H14F3NO5S. The number of halogens is 3. The Balaban J connectivity index is 1.65. The lowest BCUT2D eigenvalue weighted by Gasteiger charge is -2.10. The molecule has 0 saturated heterocycles. The first-order valence-electron chi connectivity index (χ1n) is 8.16. The lowest BCUT2D eigenvalue weighted by molar-refractivity contribution is -0.137. The molecule has 10 heteroatoms.